The summed E-state index contributed by atoms with van der Waals surface area (Å²) in [6.07, 6.45) is 3.60. The fourth-order valence-electron chi connectivity index (χ4n) is 4.16. The number of carbonyl (C=O) groups excluding carboxylic acids is 3. The first-order valence-electron chi connectivity index (χ1n) is 11.0. The summed E-state index contributed by atoms with van der Waals surface area (Å²) in [5.41, 5.74) is 11.1. The third kappa shape index (κ3) is 5.13. The van der Waals surface area contributed by atoms with Gasteiger partial charge in [0.25, 0.3) is 11.8 Å². The molecule has 5 N–H and O–H groups in total. The molecule has 0 saturated heterocycles. The first-order valence-corrected chi connectivity index (χ1v) is 12.1. The van der Waals surface area contributed by atoms with Gasteiger partial charge in [0, 0.05) is 11.1 Å². The Balaban J connectivity index is 1.86. The molecule has 1 fully saturated rings. The van der Waals surface area contributed by atoms with E-state index in [1.165, 1.54) is 18.2 Å². The molecule has 3 amide bonds. The van der Waals surface area contributed by atoms with E-state index in [1.54, 1.807) is 30.3 Å². The molecule has 1 unspecified atom stereocenters. The van der Waals surface area contributed by atoms with Crippen molar-refractivity contribution >= 4 is 52.2 Å². The van der Waals surface area contributed by atoms with Gasteiger partial charge in [-0.1, -0.05) is 48.7 Å². The quantitative estimate of drug-likeness (QED) is 0.436. The highest BCUT2D eigenvalue weighted by molar-refractivity contribution is 7.09. The molecule has 1 atom stereocenters. The highest BCUT2D eigenvalue weighted by Crippen LogP contribution is 2.35. The lowest BCUT2D eigenvalue weighted by Crippen LogP contribution is -2.46. The maximum atomic E-state index is 15.1. The van der Waals surface area contributed by atoms with Gasteiger partial charge in [-0.25, -0.2) is 4.39 Å². The van der Waals surface area contributed by atoms with Crippen LogP contribution in [0.4, 0.5) is 15.8 Å². The number of nitrogens with one attached hydrogen (secondary N) is 1. The van der Waals surface area contributed by atoms with Crippen LogP contribution in [0.1, 0.15) is 57.4 Å². The number of aromatic nitrogens is 1. The fraction of sp³-hybridized carbons (Fsp3) is 0.250. The van der Waals surface area contributed by atoms with Crippen LogP contribution in [0.2, 0.25) is 5.02 Å². The van der Waals surface area contributed by atoms with Gasteiger partial charge in [-0.15, -0.1) is 0 Å². The number of hydrogen-bond acceptors (Lipinski definition) is 6. The summed E-state index contributed by atoms with van der Waals surface area (Å²) < 4.78 is 19.0. The average Bonchev–Trinajstić information content (AvgIpc) is 3.48. The van der Waals surface area contributed by atoms with Gasteiger partial charge < -0.3 is 16.8 Å². The highest BCUT2D eigenvalue weighted by Gasteiger charge is 2.38. The lowest BCUT2D eigenvalue weighted by Gasteiger charge is -2.32. The predicted molar refractivity (Wildman–Crippen MR) is 133 cm³/mol. The van der Waals surface area contributed by atoms with E-state index >= 15 is 4.39 Å². The van der Waals surface area contributed by atoms with Crippen molar-refractivity contribution in [3.05, 3.63) is 75.5 Å². The number of benzene rings is 2. The maximum absolute atomic E-state index is 15.1. The molecule has 182 valence electrons. The van der Waals surface area contributed by atoms with Crippen LogP contribution in [0.5, 0.6) is 0 Å². The van der Waals surface area contributed by atoms with Crippen LogP contribution < -0.4 is 21.7 Å². The highest BCUT2D eigenvalue weighted by atomic mass is 35.5. The summed E-state index contributed by atoms with van der Waals surface area (Å²) in [5.74, 6) is -2.89. The molecule has 0 radical (unpaired) electrons. The zero-order chi connectivity index (χ0) is 25.1. The summed E-state index contributed by atoms with van der Waals surface area (Å²) in [4.78, 5) is 40.1. The van der Waals surface area contributed by atoms with Crippen LogP contribution in [-0.2, 0) is 4.79 Å². The van der Waals surface area contributed by atoms with Crippen LogP contribution >= 0.6 is 23.1 Å². The zero-order valence-electron chi connectivity index (χ0n) is 18.5. The Morgan fingerprint density at radius 1 is 1.11 bits per heavy atom. The number of nitrogens with zero attached hydrogens (tertiary/aromatic N) is 2. The number of halogens is 2. The summed E-state index contributed by atoms with van der Waals surface area (Å²) in [6.45, 7) is 0. The monoisotopic (exact) mass is 515 g/mol. The Morgan fingerprint density at radius 3 is 2.37 bits per heavy atom. The normalized spacial score (nSPS) is 14.5. The lowest BCUT2D eigenvalue weighted by molar-refractivity contribution is -0.123. The van der Waals surface area contributed by atoms with E-state index in [-0.39, 0.29) is 28.0 Å². The second kappa shape index (κ2) is 10.4. The molecule has 11 heteroatoms. The molecule has 0 aliphatic heterocycles. The molecule has 8 nitrogen and oxygen atoms in total. The van der Waals surface area contributed by atoms with Crippen LogP contribution in [0, 0.1) is 5.82 Å². The minimum atomic E-state index is -1.25. The van der Waals surface area contributed by atoms with E-state index in [4.69, 9.17) is 23.1 Å². The Kier molecular flexibility index (Phi) is 7.32. The Labute approximate surface area is 210 Å². The first-order chi connectivity index (χ1) is 16.8. The number of rotatable bonds is 7. The van der Waals surface area contributed by atoms with E-state index in [9.17, 15) is 14.4 Å². The average molecular weight is 516 g/mol. The van der Waals surface area contributed by atoms with Crippen molar-refractivity contribution in [1.29, 1.82) is 0 Å². The third-order valence-electron chi connectivity index (χ3n) is 5.88. The van der Waals surface area contributed by atoms with Crippen LogP contribution in [-0.4, -0.2) is 28.1 Å². The topological polar surface area (TPSA) is 131 Å². The smallest absolute Gasteiger partial charge is 0.273 e. The van der Waals surface area contributed by atoms with Crippen LogP contribution in [0.15, 0.2) is 48.5 Å². The van der Waals surface area contributed by atoms with E-state index < -0.39 is 29.6 Å². The standard InChI is InChI=1S/C24H23ClFN5O3S/c25-14-11-9-13(10-12-14)20(23(33)29-15-5-1-2-6-15)31(17-8-4-3-7-16(17)26)24(34)21-18(27)19(22(28)32)30-35-21/h3-4,7-12,15,20H,1-2,5-6,27H2,(H2,28,32)(H,29,33). The zero-order valence-corrected chi connectivity index (χ0v) is 20.1. The number of hydrogen-bond donors (Lipinski definition) is 3. The van der Waals surface area contributed by atoms with Gasteiger partial charge in [0.05, 0.1) is 11.4 Å². The van der Waals surface area contributed by atoms with Crippen molar-refractivity contribution in [3.8, 4) is 0 Å². The van der Waals surface area contributed by atoms with Gasteiger partial charge in [0.1, 0.15) is 16.7 Å². The van der Waals surface area contributed by atoms with E-state index in [0.29, 0.717) is 22.1 Å². The van der Waals surface area contributed by atoms with Gasteiger partial charge in [0.15, 0.2) is 5.69 Å². The molecule has 1 saturated carbocycles. The number of para-hydroxylation sites is 1. The maximum Gasteiger partial charge on any atom is 0.273 e. The summed E-state index contributed by atoms with van der Waals surface area (Å²) in [6, 6.07) is 10.7. The molecular weight excluding hydrogens is 493 g/mol. The van der Waals surface area contributed by atoms with E-state index in [0.717, 1.165) is 30.6 Å². The SMILES string of the molecule is NC(=O)c1nsc(C(=O)N(c2ccccc2F)C(C(=O)NC2CCCC2)c2ccc(Cl)cc2)c1N. The first kappa shape index (κ1) is 24.6. The summed E-state index contributed by atoms with van der Waals surface area (Å²) >= 11 is 6.72. The Bertz CT molecular complexity index is 1260. The number of primary amides is 1. The molecular formula is C24H23ClFN5O3S. The van der Waals surface area contributed by atoms with E-state index in [2.05, 4.69) is 9.69 Å². The Hall–Kier alpha value is -3.50. The number of nitrogens with two attached hydrogens (primary N) is 2. The second-order valence-corrected chi connectivity index (χ2v) is 9.42. The molecule has 2 aromatic carbocycles. The van der Waals surface area contributed by atoms with E-state index in [1.807, 2.05) is 0 Å². The van der Waals surface area contributed by atoms with Crippen molar-refractivity contribution in [1.82, 2.24) is 9.69 Å². The van der Waals surface area contributed by atoms with Crippen molar-refractivity contribution in [2.75, 3.05) is 10.6 Å². The van der Waals surface area contributed by atoms with Crippen molar-refractivity contribution in [2.45, 2.75) is 37.8 Å². The van der Waals surface area contributed by atoms with Crippen molar-refractivity contribution in [2.24, 2.45) is 5.73 Å². The number of nitrogen functional groups attached to an aromatic ring is 1. The minimum Gasteiger partial charge on any atom is -0.395 e. The van der Waals surface area contributed by atoms with Crippen LogP contribution in [0.25, 0.3) is 0 Å². The summed E-state index contributed by atoms with van der Waals surface area (Å²) in [7, 11) is 0. The molecule has 0 spiro atoms. The molecule has 0 bridgehead atoms. The molecule has 35 heavy (non-hydrogen) atoms. The van der Waals surface area contributed by atoms with Gasteiger partial charge in [-0.2, -0.15) is 4.37 Å². The molecule has 3 aromatic rings. The predicted octanol–water partition coefficient (Wildman–Crippen LogP) is 4.06. The van der Waals surface area contributed by atoms with Crippen LogP contribution in [0.3, 0.4) is 0 Å². The minimum absolute atomic E-state index is 0.0511. The second-order valence-electron chi connectivity index (χ2n) is 8.21. The Morgan fingerprint density at radius 2 is 1.77 bits per heavy atom. The number of amides is 3. The van der Waals surface area contributed by atoms with Crippen molar-refractivity contribution < 1.29 is 18.8 Å². The molecule has 1 aliphatic rings. The van der Waals surface area contributed by atoms with Gasteiger partial charge in [-0.3, -0.25) is 19.3 Å². The van der Waals surface area contributed by atoms with Gasteiger partial charge in [0.2, 0.25) is 5.91 Å². The molecule has 1 aromatic heterocycles. The fourth-order valence-corrected chi connectivity index (χ4v) is 5.03. The molecule has 1 heterocycles. The number of anilines is 2. The van der Waals surface area contributed by atoms with Gasteiger partial charge in [-0.05, 0) is 54.2 Å². The van der Waals surface area contributed by atoms with Crippen molar-refractivity contribution in [3.63, 3.8) is 0 Å². The molecule has 4 rings (SSSR count). The third-order valence-corrected chi connectivity index (χ3v) is 6.98. The summed E-state index contributed by atoms with van der Waals surface area (Å²) in [5, 5.41) is 3.44. The number of carbonyl (C=O) groups is 3. The lowest BCUT2D eigenvalue weighted by atomic mass is 10.0. The molecule has 1 aliphatic carbocycles. The van der Waals surface area contributed by atoms with Gasteiger partial charge >= 0.3 is 0 Å². The largest absolute Gasteiger partial charge is 0.395 e.